The molecule has 1 aliphatic heterocycles. The third-order valence-corrected chi connectivity index (χ3v) is 8.79. The van der Waals surface area contributed by atoms with E-state index in [0.29, 0.717) is 60.8 Å². The number of nitrogens with zero attached hydrogens (tertiary/aromatic N) is 3. The summed E-state index contributed by atoms with van der Waals surface area (Å²) >= 11 is 6.05. The molecule has 2 N–H and O–H groups in total. The zero-order valence-electron chi connectivity index (χ0n) is 25.1. The van der Waals surface area contributed by atoms with Gasteiger partial charge in [0.25, 0.3) is 6.01 Å². The molecule has 0 radical (unpaired) electrons. The number of halogens is 2. The summed E-state index contributed by atoms with van der Waals surface area (Å²) in [5.74, 6) is -1.48. The molecular weight excluding hydrogens is 595 g/mol. The number of rotatable bonds is 12. The van der Waals surface area contributed by atoms with Crippen molar-refractivity contribution in [1.82, 2.24) is 14.9 Å². The van der Waals surface area contributed by atoms with Crippen LogP contribution in [0, 0.1) is 11.7 Å². The standard InChI is InChI=1S/C31H38ClFN4O7/c1-36(42-3)16-21-8-9-22(17-43-23-10-4-18(5-11-23)30(39)40)37(21)27(38)14-19-6-12-25-29(28(19)33)44-31(35-25)34-24-13-7-20(32)15-26(24)41-2/h6-7,12-13,15,18,21-23H,4-5,8-11,14,16-17H2,1-3H3,(H,34,35)(H,39,40)/t18?,21-,22-,23?/m0/s1. The van der Waals surface area contributed by atoms with Gasteiger partial charge in [-0.25, -0.2) is 4.39 Å². The van der Waals surface area contributed by atoms with Crippen LogP contribution in [0.1, 0.15) is 44.1 Å². The van der Waals surface area contributed by atoms with Gasteiger partial charge in [-0.15, -0.1) is 0 Å². The molecule has 1 aliphatic carbocycles. The van der Waals surface area contributed by atoms with E-state index in [2.05, 4.69) is 10.3 Å². The van der Waals surface area contributed by atoms with Gasteiger partial charge >= 0.3 is 5.97 Å². The molecule has 0 bridgehead atoms. The van der Waals surface area contributed by atoms with E-state index in [1.807, 2.05) is 4.90 Å². The smallest absolute Gasteiger partial charge is 0.306 e. The molecule has 1 saturated carbocycles. The van der Waals surface area contributed by atoms with Crippen LogP contribution in [-0.2, 0) is 25.6 Å². The maximum Gasteiger partial charge on any atom is 0.306 e. The summed E-state index contributed by atoms with van der Waals surface area (Å²) in [6.07, 6.45) is 3.83. The summed E-state index contributed by atoms with van der Waals surface area (Å²) in [4.78, 5) is 36.6. The molecule has 2 aliphatic rings. The third kappa shape index (κ3) is 7.26. The number of anilines is 2. The van der Waals surface area contributed by atoms with E-state index in [1.54, 1.807) is 49.6 Å². The second-order valence-electron chi connectivity index (χ2n) is 11.4. The van der Waals surface area contributed by atoms with Crippen LogP contribution in [-0.4, -0.2) is 84.5 Å². The number of hydrogen-bond acceptors (Lipinski definition) is 9. The van der Waals surface area contributed by atoms with Crippen LogP contribution in [0.15, 0.2) is 34.7 Å². The van der Waals surface area contributed by atoms with E-state index in [9.17, 15) is 14.7 Å². The van der Waals surface area contributed by atoms with Crippen LogP contribution < -0.4 is 10.1 Å². The lowest BCUT2D eigenvalue weighted by Gasteiger charge is -2.34. The average molecular weight is 633 g/mol. The van der Waals surface area contributed by atoms with Gasteiger partial charge in [0.1, 0.15) is 11.3 Å². The molecule has 0 unspecified atom stereocenters. The lowest BCUT2D eigenvalue weighted by Crippen LogP contribution is -2.48. The zero-order chi connectivity index (χ0) is 31.4. The number of fused-ring (bicyclic) bond motifs is 1. The van der Waals surface area contributed by atoms with Gasteiger partial charge in [-0.05, 0) is 56.7 Å². The first-order valence-corrected chi connectivity index (χ1v) is 15.1. The highest BCUT2D eigenvalue weighted by Crippen LogP contribution is 2.34. The number of amides is 1. The lowest BCUT2D eigenvalue weighted by atomic mass is 9.87. The van der Waals surface area contributed by atoms with Crippen molar-refractivity contribution in [2.45, 2.75) is 63.1 Å². The molecule has 2 heterocycles. The average Bonchev–Trinajstić information content (AvgIpc) is 3.62. The number of oxazole rings is 1. The minimum Gasteiger partial charge on any atom is -0.495 e. The Morgan fingerprint density at radius 3 is 2.59 bits per heavy atom. The Labute approximate surface area is 260 Å². The Hall–Kier alpha value is -3.45. The van der Waals surface area contributed by atoms with Crippen LogP contribution in [0.3, 0.4) is 0 Å². The number of carboxylic acids is 1. The molecule has 1 saturated heterocycles. The van der Waals surface area contributed by atoms with Gasteiger partial charge in [0.15, 0.2) is 11.4 Å². The number of aromatic nitrogens is 1. The quantitative estimate of drug-likeness (QED) is 0.250. The topological polar surface area (TPSA) is 127 Å². The first-order valence-electron chi connectivity index (χ1n) is 14.8. The molecule has 0 spiro atoms. The highest BCUT2D eigenvalue weighted by molar-refractivity contribution is 6.30. The van der Waals surface area contributed by atoms with Crippen molar-refractivity contribution in [2.24, 2.45) is 5.92 Å². The normalized spacial score (nSPS) is 22.1. The number of carboxylic acid groups (broad SMARTS) is 1. The molecular formula is C31H38ClFN4O7. The predicted molar refractivity (Wildman–Crippen MR) is 162 cm³/mol. The predicted octanol–water partition coefficient (Wildman–Crippen LogP) is 5.43. The maximum atomic E-state index is 15.7. The van der Waals surface area contributed by atoms with Crippen molar-refractivity contribution < 1.29 is 37.8 Å². The van der Waals surface area contributed by atoms with Crippen molar-refractivity contribution in [3.63, 3.8) is 0 Å². The lowest BCUT2D eigenvalue weighted by molar-refractivity contribution is -0.146. The number of aliphatic carboxylic acids is 1. The second-order valence-corrected chi connectivity index (χ2v) is 11.8. The van der Waals surface area contributed by atoms with Gasteiger partial charge in [0, 0.05) is 36.3 Å². The fraction of sp³-hybridized carbons (Fsp3) is 0.516. The number of nitrogens with one attached hydrogen (secondary N) is 1. The molecule has 1 amide bonds. The van der Waals surface area contributed by atoms with E-state index in [1.165, 1.54) is 7.11 Å². The number of benzene rings is 2. The van der Waals surface area contributed by atoms with Gasteiger partial charge in [0.05, 0.1) is 51.0 Å². The van der Waals surface area contributed by atoms with Gasteiger partial charge in [-0.2, -0.15) is 10.0 Å². The second kappa shape index (κ2) is 14.1. The van der Waals surface area contributed by atoms with E-state index in [-0.39, 0.29) is 53.6 Å². The number of carbonyl (C=O) groups excluding carboxylic acids is 1. The first-order chi connectivity index (χ1) is 21.2. The van der Waals surface area contributed by atoms with E-state index >= 15 is 4.39 Å². The number of ether oxygens (including phenoxy) is 2. The third-order valence-electron chi connectivity index (χ3n) is 8.56. The molecule has 2 aromatic carbocycles. The highest BCUT2D eigenvalue weighted by atomic mass is 35.5. The molecule has 5 rings (SSSR count). The molecule has 3 aromatic rings. The Bertz CT molecular complexity index is 1480. The van der Waals surface area contributed by atoms with Crippen LogP contribution in [0.2, 0.25) is 5.02 Å². The number of likely N-dealkylation sites (tertiary alicyclic amines) is 1. The summed E-state index contributed by atoms with van der Waals surface area (Å²) in [5, 5.41) is 14.4. The van der Waals surface area contributed by atoms with Gasteiger partial charge in [-0.1, -0.05) is 17.7 Å². The van der Waals surface area contributed by atoms with Crippen molar-refractivity contribution in [2.75, 3.05) is 39.7 Å². The molecule has 44 heavy (non-hydrogen) atoms. The monoisotopic (exact) mass is 632 g/mol. The molecule has 2 fully saturated rings. The number of hydroxylamine groups is 2. The Morgan fingerprint density at radius 1 is 1.14 bits per heavy atom. The largest absolute Gasteiger partial charge is 0.495 e. The van der Waals surface area contributed by atoms with E-state index in [0.717, 1.165) is 12.8 Å². The molecule has 1 aromatic heterocycles. The zero-order valence-corrected chi connectivity index (χ0v) is 25.8. The van der Waals surface area contributed by atoms with Crippen LogP contribution in [0.4, 0.5) is 16.1 Å². The SMILES string of the molecule is COc1cc(Cl)ccc1Nc1nc2ccc(CC(=O)N3[C@H](COC4CCC(C(=O)O)CC4)CC[C@H]3CN(C)OC)c(F)c2o1. The Kier molecular flexibility index (Phi) is 10.2. The van der Waals surface area contributed by atoms with Crippen molar-refractivity contribution in [1.29, 1.82) is 0 Å². The van der Waals surface area contributed by atoms with Gasteiger partial charge in [0.2, 0.25) is 5.91 Å². The molecule has 238 valence electrons. The van der Waals surface area contributed by atoms with Crippen molar-refractivity contribution in [3.05, 3.63) is 46.7 Å². The van der Waals surface area contributed by atoms with E-state index < -0.39 is 11.8 Å². The number of methoxy groups -OCH3 is 1. The summed E-state index contributed by atoms with van der Waals surface area (Å²) in [7, 11) is 4.88. The van der Waals surface area contributed by atoms with Gasteiger partial charge < -0.3 is 34.1 Å². The minimum absolute atomic E-state index is 0.0369. The molecule has 13 heteroatoms. The molecule has 11 nitrogen and oxygen atoms in total. The fourth-order valence-corrected chi connectivity index (χ4v) is 6.30. The van der Waals surface area contributed by atoms with Crippen molar-refractivity contribution >= 4 is 46.3 Å². The Morgan fingerprint density at radius 2 is 1.89 bits per heavy atom. The van der Waals surface area contributed by atoms with Crippen LogP contribution in [0.25, 0.3) is 11.1 Å². The summed E-state index contributed by atoms with van der Waals surface area (Å²) in [5.41, 5.74) is 0.994. The van der Waals surface area contributed by atoms with Crippen molar-refractivity contribution in [3.8, 4) is 5.75 Å². The first kappa shape index (κ1) is 32.0. The van der Waals surface area contributed by atoms with E-state index in [4.69, 9.17) is 30.3 Å². The van der Waals surface area contributed by atoms with Gasteiger partial charge in [-0.3, -0.25) is 9.59 Å². The fourth-order valence-electron chi connectivity index (χ4n) is 6.13. The maximum absolute atomic E-state index is 15.7. The summed E-state index contributed by atoms with van der Waals surface area (Å²) < 4.78 is 33.0. The highest BCUT2D eigenvalue weighted by Gasteiger charge is 2.38. The number of likely N-dealkylation sites (N-methyl/N-ethyl adjacent to an activating group) is 1. The van der Waals surface area contributed by atoms with Crippen LogP contribution in [0.5, 0.6) is 5.75 Å². The number of carbonyl (C=O) groups is 2. The summed E-state index contributed by atoms with van der Waals surface area (Å²) in [6, 6.07) is 7.95. The Balaban J connectivity index is 1.29. The van der Waals surface area contributed by atoms with Crippen LogP contribution >= 0.6 is 11.6 Å². The number of hydrogen-bond donors (Lipinski definition) is 2. The molecule has 2 atom stereocenters. The minimum atomic E-state index is -0.758. The summed E-state index contributed by atoms with van der Waals surface area (Å²) in [6.45, 7) is 0.837.